The van der Waals surface area contributed by atoms with E-state index in [2.05, 4.69) is 32.0 Å². The lowest BCUT2D eigenvalue weighted by atomic mass is 9.99. The highest BCUT2D eigenvalue weighted by atomic mass is 32.2. The maximum atomic E-state index is 12.9. The minimum Gasteiger partial charge on any atom is -0.396 e. The minimum absolute atomic E-state index is 0.0146. The number of fused-ring (bicyclic) bond motifs is 1. The van der Waals surface area contributed by atoms with Gasteiger partial charge in [-0.25, -0.2) is 0 Å². The highest BCUT2D eigenvalue weighted by Gasteiger charge is 2.29. The predicted molar refractivity (Wildman–Crippen MR) is 92.9 cm³/mol. The van der Waals surface area contributed by atoms with Crippen LogP contribution in [0, 0.1) is 11.8 Å². The molecule has 2 atom stereocenters. The second kappa shape index (κ2) is 8.02. The number of amides is 1. The minimum atomic E-state index is -0.0146. The normalized spacial score (nSPS) is 17.2. The van der Waals surface area contributed by atoms with Crippen molar-refractivity contribution in [2.75, 3.05) is 18.9 Å². The van der Waals surface area contributed by atoms with E-state index in [0.29, 0.717) is 5.92 Å². The number of carbonyl (C=O) groups is 1. The fourth-order valence-electron chi connectivity index (χ4n) is 2.73. The summed E-state index contributed by atoms with van der Waals surface area (Å²) in [6.45, 7) is 7.97. The maximum Gasteiger partial charge on any atom is 0.236 e. The Hall–Kier alpha value is -1.00. The summed E-state index contributed by atoms with van der Waals surface area (Å²) in [5.41, 5.74) is 2.65. The Morgan fingerprint density at radius 3 is 2.59 bits per heavy atom. The monoisotopic (exact) mass is 321 g/mol. The van der Waals surface area contributed by atoms with Crippen molar-refractivity contribution in [1.82, 2.24) is 4.90 Å². The average molecular weight is 321 g/mol. The van der Waals surface area contributed by atoms with Crippen molar-refractivity contribution in [3.63, 3.8) is 0 Å². The lowest BCUT2D eigenvalue weighted by molar-refractivity contribution is -0.132. The third-order valence-electron chi connectivity index (χ3n) is 4.16. The largest absolute Gasteiger partial charge is 0.396 e. The molecular weight excluding hydrogens is 294 g/mol. The number of benzene rings is 1. The molecule has 0 fully saturated rings. The van der Waals surface area contributed by atoms with Gasteiger partial charge in [0.15, 0.2) is 0 Å². The van der Waals surface area contributed by atoms with E-state index in [4.69, 9.17) is 0 Å². The van der Waals surface area contributed by atoms with Gasteiger partial charge < -0.3 is 10.0 Å². The van der Waals surface area contributed by atoms with E-state index < -0.39 is 0 Å². The van der Waals surface area contributed by atoms with Crippen LogP contribution in [-0.4, -0.2) is 40.1 Å². The first-order valence-corrected chi connectivity index (χ1v) is 9.15. The fraction of sp³-hybridized carbons (Fsp3) is 0.611. The SMILES string of the molecule is CC(CO)CSC(C(=O)N1CCc2ccccc2C1)C(C)C. The fourth-order valence-corrected chi connectivity index (χ4v) is 4.05. The highest BCUT2D eigenvalue weighted by molar-refractivity contribution is 8.00. The molecule has 4 heteroatoms. The van der Waals surface area contributed by atoms with Crippen LogP contribution in [-0.2, 0) is 17.8 Å². The topological polar surface area (TPSA) is 40.5 Å². The molecule has 122 valence electrons. The highest BCUT2D eigenvalue weighted by Crippen LogP contribution is 2.27. The van der Waals surface area contributed by atoms with Crippen LogP contribution in [0.5, 0.6) is 0 Å². The molecule has 1 heterocycles. The molecular formula is C18H27NO2S. The Morgan fingerprint density at radius 1 is 1.27 bits per heavy atom. The lowest BCUT2D eigenvalue weighted by Crippen LogP contribution is -2.43. The molecule has 1 aromatic carbocycles. The summed E-state index contributed by atoms with van der Waals surface area (Å²) in [4.78, 5) is 14.9. The summed E-state index contributed by atoms with van der Waals surface area (Å²) in [6.07, 6.45) is 0.949. The summed E-state index contributed by atoms with van der Waals surface area (Å²) in [5.74, 6) is 1.62. The van der Waals surface area contributed by atoms with Gasteiger partial charge in [-0.1, -0.05) is 45.0 Å². The first-order valence-electron chi connectivity index (χ1n) is 8.11. The molecule has 1 amide bonds. The first kappa shape index (κ1) is 17.4. The smallest absolute Gasteiger partial charge is 0.236 e. The molecule has 0 radical (unpaired) electrons. The van der Waals surface area contributed by atoms with Crippen LogP contribution in [0.15, 0.2) is 24.3 Å². The maximum absolute atomic E-state index is 12.9. The molecule has 0 aromatic heterocycles. The lowest BCUT2D eigenvalue weighted by Gasteiger charge is -2.33. The number of thioether (sulfide) groups is 1. The van der Waals surface area contributed by atoms with Crippen LogP contribution in [0.2, 0.25) is 0 Å². The third-order valence-corrected chi connectivity index (χ3v) is 6.03. The zero-order valence-electron chi connectivity index (χ0n) is 13.8. The summed E-state index contributed by atoms with van der Waals surface area (Å²) in [5, 5.41) is 9.16. The van der Waals surface area contributed by atoms with Crippen LogP contribution in [0.1, 0.15) is 31.9 Å². The Labute approximate surface area is 138 Å². The molecule has 0 spiro atoms. The standard InChI is InChI=1S/C18H27NO2S/c1-13(2)17(22-12-14(3)11-20)18(21)19-9-8-15-6-4-5-7-16(15)10-19/h4-7,13-14,17,20H,8-12H2,1-3H3. The number of carbonyl (C=O) groups excluding carboxylic acids is 1. The number of nitrogens with zero attached hydrogens (tertiary/aromatic N) is 1. The molecule has 1 N–H and O–H groups in total. The van der Waals surface area contributed by atoms with Gasteiger partial charge >= 0.3 is 0 Å². The van der Waals surface area contributed by atoms with Crippen molar-refractivity contribution < 1.29 is 9.90 Å². The molecule has 1 aliphatic heterocycles. The van der Waals surface area contributed by atoms with E-state index >= 15 is 0 Å². The van der Waals surface area contributed by atoms with E-state index in [1.54, 1.807) is 11.8 Å². The second-order valence-electron chi connectivity index (χ2n) is 6.56. The Bertz CT molecular complexity index is 504. The zero-order valence-corrected chi connectivity index (χ0v) is 14.6. The third kappa shape index (κ3) is 4.26. The zero-order chi connectivity index (χ0) is 16.1. The van der Waals surface area contributed by atoms with Crippen molar-refractivity contribution in [3.05, 3.63) is 35.4 Å². The molecule has 0 saturated heterocycles. The molecule has 1 aromatic rings. The van der Waals surface area contributed by atoms with Crippen molar-refractivity contribution in [3.8, 4) is 0 Å². The summed E-state index contributed by atoms with van der Waals surface area (Å²) in [6, 6.07) is 8.40. The summed E-state index contributed by atoms with van der Waals surface area (Å²) in [7, 11) is 0. The summed E-state index contributed by atoms with van der Waals surface area (Å²) >= 11 is 1.69. The molecule has 2 rings (SSSR count). The van der Waals surface area contributed by atoms with E-state index in [9.17, 15) is 9.90 Å². The quantitative estimate of drug-likeness (QED) is 0.876. The van der Waals surface area contributed by atoms with Gasteiger partial charge in [0.05, 0.1) is 5.25 Å². The second-order valence-corrected chi connectivity index (χ2v) is 7.74. The number of aliphatic hydroxyl groups excluding tert-OH is 1. The van der Waals surface area contributed by atoms with Gasteiger partial charge in [0, 0.05) is 19.7 Å². The number of hydrogen-bond donors (Lipinski definition) is 1. The van der Waals surface area contributed by atoms with Gasteiger partial charge in [-0.3, -0.25) is 4.79 Å². The van der Waals surface area contributed by atoms with Crippen molar-refractivity contribution in [2.45, 2.75) is 39.0 Å². The molecule has 22 heavy (non-hydrogen) atoms. The number of aliphatic hydroxyl groups is 1. The van der Waals surface area contributed by atoms with E-state index in [1.165, 1.54) is 11.1 Å². The molecule has 1 aliphatic rings. The van der Waals surface area contributed by atoms with E-state index in [1.807, 2.05) is 17.9 Å². The Kier molecular flexibility index (Phi) is 6.33. The van der Waals surface area contributed by atoms with Crippen LogP contribution in [0.4, 0.5) is 0 Å². The van der Waals surface area contributed by atoms with Crippen molar-refractivity contribution in [2.24, 2.45) is 11.8 Å². The van der Waals surface area contributed by atoms with Crippen LogP contribution in [0.3, 0.4) is 0 Å². The Balaban J connectivity index is 2.02. The van der Waals surface area contributed by atoms with Gasteiger partial charge in [-0.2, -0.15) is 0 Å². The van der Waals surface area contributed by atoms with Gasteiger partial charge in [0.25, 0.3) is 0 Å². The van der Waals surface area contributed by atoms with Gasteiger partial charge in [-0.15, -0.1) is 11.8 Å². The first-order chi connectivity index (χ1) is 10.5. The van der Waals surface area contributed by atoms with E-state index in [-0.39, 0.29) is 23.7 Å². The van der Waals surface area contributed by atoms with Crippen LogP contribution >= 0.6 is 11.8 Å². The predicted octanol–water partition coefficient (Wildman–Crippen LogP) is 2.96. The summed E-state index contributed by atoms with van der Waals surface area (Å²) < 4.78 is 0. The Morgan fingerprint density at radius 2 is 1.95 bits per heavy atom. The molecule has 3 nitrogen and oxygen atoms in total. The van der Waals surface area contributed by atoms with Gasteiger partial charge in [-0.05, 0) is 35.1 Å². The average Bonchev–Trinajstić information content (AvgIpc) is 2.53. The molecule has 0 bridgehead atoms. The van der Waals surface area contributed by atoms with Crippen LogP contribution < -0.4 is 0 Å². The van der Waals surface area contributed by atoms with Gasteiger partial charge in [0.2, 0.25) is 5.91 Å². The van der Waals surface area contributed by atoms with Crippen LogP contribution in [0.25, 0.3) is 0 Å². The van der Waals surface area contributed by atoms with Crippen molar-refractivity contribution in [1.29, 1.82) is 0 Å². The molecule has 0 aliphatic carbocycles. The molecule has 0 saturated carbocycles. The van der Waals surface area contributed by atoms with Gasteiger partial charge in [0.1, 0.15) is 0 Å². The number of rotatable bonds is 6. The van der Waals surface area contributed by atoms with Crippen molar-refractivity contribution >= 4 is 17.7 Å². The number of hydrogen-bond acceptors (Lipinski definition) is 3. The van der Waals surface area contributed by atoms with E-state index in [0.717, 1.165) is 25.3 Å². The molecule has 2 unspecified atom stereocenters.